The smallest absolute Gasteiger partial charge is 0.246 e. The van der Waals surface area contributed by atoms with Crippen LogP contribution in [0.4, 0.5) is 0 Å². The first-order valence-corrected chi connectivity index (χ1v) is 17.4. The van der Waals surface area contributed by atoms with Gasteiger partial charge in [0.2, 0.25) is 35.4 Å². The molecule has 0 bridgehead atoms. The Morgan fingerprint density at radius 1 is 0.784 bits per heavy atom. The van der Waals surface area contributed by atoms with Crippen molar-refractivity contribution in [2.45, 2.75) is 71.1 Å². The van der Waals surface area contributed by atoms with E-state index in [0.29, 0.717) is 13.0 Å². The lowest BCUT2D eigenvalue weighted by Crippen LogP contribution is -2.59. The van der Waals surface area contributed by atoms with Crippen LogP contribution in [0.5, 0.6) is 0 Å². The highest BCUT2D eigenvalue weighted by atomic mass is 16.5. The lowest BCUT2D eigenvalue weighted by atomic mass is 9.85. The Labute approximate surface area is 299 Å². The van der Waals surface area contributed by atoms with Gasteiger partial charge in [0.15, 0.2) is 0 Å². The highest BCUT2D eigenvalue weighted by Gasteiger charge is 2.44. The molecule has 2 aliphatic rings. The topological polar surface area (TPSA) is 201 Å². The van der Waals surface area contributed by atoms with E-state index in [9.17, 15) is 28.8 Å². The van der Waals surface area contributed by atoms with Crippen molar-refractivity contribution in [2.24, 2.45) is 17.1 Å². The molecule has 0 unspecified atom stereocenters. The van der Waals surface area contributed by atoms with Crippen molar-refractivity contribution in [1.29, 1.82) is 0 Å². The normalized spacial score (nSPS) is 25.3. The van der Waals surface area contributed by atoms with E-state index in [2.05, 4.69) is 26.6 Å². The number of benzene rings is 2. The molecule has 5 atom stereocenters. The van der Waals surface area contributed by atoms with Crippen LogP contribution in [0.3, 0.4) is 0 Å². The number of ether oxygens (including phenoxy) is 1. The number of amides is 6. The minimum Gasteiger partial charge on any atom is -0.370 e. The van der Waals surface area contributed by atoms with Gasteiger partial charge in [-0.05, 0) is 34.4 Å². The maximum Gasteiger partial charge on any atom is 0.246 e. The van der Waals surface area contributed by atoms with E-state index in [1.54, 1.807) is 0 Å². The molecule has 4 rings (SSSR count). The molecule has 6 amide bonds. The third kappa shape index (κ3) is 11.1. The van der Waals surface area contributed by atoms with Crippen LogP contribution in [-0.2, 0) is 39.9 Å². The summed E-state index contributed by atoms with van der Waals surface area (Å²) in [5.74, 6) is -2.99. The first kappa shape index (κ1) is 39.0. The van der Waals surface area contributed by atoms with Crippen LogP contribution in [0, 0.1) is 11.3 Å². The molecule has 2 heterocycles. The fourth-order valence-electron chi connectivity index (χ4n) is 6.19. The minimum atomic E-state index is -1.04. The highest BCUT2D eigenvalue weighted by Crippen LogP contribution is 2.29. The van der Waals surface area contributed by atoms with Crippen molar-refractivity contribution in [3.63, 3.8) is 0 Å². The molecule has 0 aromatic heterocycles. The van der Waals surface area contributed by atoms with Crippen LogP contribution >= 0.6 is 0 Å². The largest absolute Gasteiger partial charge is 0.370 e. The number of nitrogens with zero attached hydrogens (tertiary/aromatic N) is 1. The SMILES string of the molecule is C[C@@H]1C[C@H]2C(=O)N[C@H](Cc3ccc(-c4ccccc4)cc3)C(=O)NCCC(=O)N[C@H](CN)C(=O)NCCOCC(=O)N[C@@H](C(C)(C)C)C(=O)N2C1. The van der Waals surface area contributed by atoms with Crippen LogP contribution in [-0.4, -0.2) is 104 Å². The predicted octanol–water partition coefficient (Wildman–Crippen LogP) is 0.245. The maximum atomic E-state index is 14.1. The highest BCUT2D eigenvalue weighted by molar-refractivity contribution is 5.95. The molecule has 0 aliphatic carbocycles. The molecule has 51 heavy (non-hydrogen) atoms. The van der Waals surface area contributed by atoms with Gasteiger partial charge in [-0.2, -0.15) is 0 Å². The second kappa shape index (κ2) is 17.9. The molecular formula is C37H51N7O7. The molecule has 7 N–H and O–H groups in total. The predicted molar refractivity (Wildman–Crippen MR) is 191 cm³/mol. The summed E-state index contributed by atoms with van der Waals surface area (Å²) in [7, 11) is 0. The fourth-order valence-corrected chi connectivity index (χ4v) is 6.19. The number of hydrogen-bond acceptors (Lipinski definition) is 8. The monoisotopic (exact) mass is 705 g/mol. The molecule has 2 fully saturated rings. The minimum absolute atomic E-state index is 0.00518. The number of carbonyl (C=O) groups excluding carboxylic acids is 6. The van der Waals surface area contributed by atoms with Gasteiger partial charge in [0.05, 0.1) is 6.61 Å². The van der Waals surface area contributed by atoms with Gasteiger partial charge in [0.1, 0.15) is 30.8 Å². The van der Waals surface area contributed by atoms with Crippen LogP contribution in [0.25, 0.3) is 11.1 Å². The number of nitrogens with two attached hydrogens (primary N) is 1. The standard InChI is InChI=1S/C37H51N7O7/c1-23-18-29-35(49)42-27(19-24-10-12-26(13-11-24)25-8-6-5-7-9-25)33(47)39-15-14-30(45)41-28(20-38)34(48)40-16-17-51-22-31(46)43-32(37(2,3)4)36(50)44(29)21-23/h5-13,23,27-29,32H,14-22,38H2,1-4H3,(H,39,47)(H,40,48)(H,41,45)(H,42,49)(H,43,46)/t23-,27-,28-,29+,32-/m1/s1. The van der Waals surface area contributed by atoms with Crippen molar-refractivity contribution in [3.8, 4) is 11.1 Å². The average molecular weight is 706 g/mol. The molecule has 0 spiro atoms. The van der Waals surface area contributed by atoms with Crippen molar-refractivity contribution >= 4 is 35.4 Å². The van der Waals surface area contributed by atoms with E-state index in [-0.39, 0.29) is 51.6 Å². The summed E-state index contributed by atoms with van der Waals surface area (Å²) in [4.78, 5) is 81.4. The third-order valence-corrected chi connectivity index (χ3v) is 8.97. The van der Waals surface area contributed by atoms with Gasteiger partial charge >= 0.3 is 0 Å². The number of carbonyl (C=O) groups is 6. The molecule has 14 nitrogen and oxygen atoms in total. The Morgan fingerprint density at radius 2 is 1.43 bits per heavy atom. The molecule has 276 valence electrons. The van der Waals surface area contributed by atoms with E-state index in [0.717, 1.165) is 16.7 Å². The number of nitrogens with one attached hydrogen (secondary N) is 5. The molecular weight excluding hydrogens is 654 g/mol. The lowest BCUT2D eigenvalue weighted by molar-refractivity contribution is -0.145. The molecule has 2 aromatic carbocycles. The lowest BCUT2D eigenvalue weighted by Gasteiger charge is -2.35. The van der Waals surface area contributed by atoms with Gasteiger partial charge in [0, 0.05) is 39.0 Å². The second-order valence-electron chi connectivity index (χ2n) is 14.3. The van der Waals surface area contributed by atoms with Crippen molar-refractivity contribution in [2.75, 3.05) is 39.4 Å². The van der Waals surface area contributed by atoms with Gasteiger partial charge in [-0.15, -0.1) is 0 Å². The van der Waals surface area contributed by atoms with E-state index in [4.69, 9.17) is 10.5 Å². The average Bonchev–Trinajstić information content (AvgIpc) is 3.50. The van der Waals surface area contributed by atoms with Gasteiger partial charge in [0.25, 0.3) is 0 Å². The number of hydrogen-bond donors (Lipinski definition) is 6. The molecule has 2 aromatic rings. The summed E-state index contributed by atoms with van der Waals surface area (Å²) in [6.45, 7) is 7.16. The Bertz CT molecular complexity index is 1540. The van der Waals surface area contributed by atoms with Gasteiger partial charge in [-0.1, -0.05) is 82.3 Å². The summed E-state index contributed by atoms with van der Waals surface area (Å²) >= 11 is 0. The summed E-state index contributed by atoms with van der Waals surface area (Å²) in [6, 6.07) is 13.6. The summed E-state index contributed by atoms with van der Waals surface area (Å²) in [5, 5.41) is 13.6. The van der Waals surface area contributed by atoms with Gasteiger partial charge < -0.3 is 42.0 Å². The van der Waals surface area contributed by atoms with Crippen molar-refractivity contribution in [3.05, 3.63) is 60.2 Å². The first-order valence-electron chi connectivity index (χ1n) is 17.4. The molecule has 0 radical (unpaired) electrons. The van der Waals surface area contributed by atoms with Crippen LogP contribution < -0.4 is 32.3 Å². The summed E-state index contributed by atoms with van der Waals surface area (Å²) < 4.78 is 5.44. The molecule has 2 aliphatic heterocycles. The van der Waals surface area contributed by atoms with E-state index >= 15 is 0 Å². The Kier molecular flexibility index (Phi) is 13.7. The zero-order valence-corrected chi connectivity index (χ0v) is 29.8. The molecule has 2 saturated heterocycles. The maximum absolute atomic E-state index is 14.1. The number of rotatable bonds is 4. The second-order valence-corrected chi connectivity index (χ2v) is 14.3. The Hall–Kier alpha value is -4.82. The fraction of sp³-hybridized carbons (Fsp3) is 0.514. The Balaban J connectivity index is 1.60. The Morgan fingerprint density at radius 3 is 2.10 bits per heavy atom. The van der Waals surface area contributed by atoms with Gasteiger partial charge in [-0.3, -0.25) is 28.8 Å². The van der Waals surface area contributed by atoms with E-state index < -0.39 is 65.0 Å². The van der Waals surface area contributed by atoms with Crippen molar-refractivity contribution < 1.29 is 33.5 Å². The summed E-state index contributed by atoms with van der Waals surface area (Å²) in [6.07, 6.45) is 0.377. The van der Waals surface area contributed by atoms with Crippen LogP contribution in [0.2, 0.25) is 0 Å². The number of fused-ring (bicyclic) bond motifs is 1. The van der Waals surface area contributed by atoms with E-state index in [1.807, 2.05) is 82.3 Å². The third-order valence-electron chi connectivity index (χ3n) is 8.97. The van der Waals surface area contributed by atoms with Crippen LogP contribution in [0.15, 0.2) is 54.6 Å². The quantitative estimate of drug-likeness (QED) is 0.260. The van der Waals surface area contributed by atoms with E-state index in [1.165, 1.54) is 4.90 Å². The van der Waals surface area contributed by atoms with Crippen LogP contribution in [0.1, 0.15) is 46.1 Å². The zero-order valence-electron chi connectivity index (χ0n) is 29.8. The summed E-state index contributed by atoms with van der Waals surface area (Å²) in [5.41, 5.74) is 7.83. The van der Waals surface area contributed by atoms with Gasteiger partial charge in [-0.25, -0.2) is 0 Å². The molecule has 14 heteroatoms. The molecule has 0 saturated carbocycles. The van der Waals surface area contributed by atoms with Crippen molar-refractivity contribution in [1.82, 2.24) is 31.5 Å². The zero-order chi connectivity index (χ0) is 37.1. The first-order chi connectivity index (χ1) is 24.3.